The van der Waals surface area contributed by atoms with Crippen LogP contribution in [0, 0.1) is 12.8 Å². The topological polar surface area (TPSA) is 75.6 Å². The maximum absolute atomic E-state index is 12.1. The third-order valence-corrected chi connectivity index (χ3v) is 5.35. The molecule has 6 heteroatoms. The van der Waals surface area contributed by atoms with Crippen molar-refractivity contribution in [3.05, 3.63) is 29.8 Å². The van der Waals surface area contributed by atoms with Crippen LogP contribution < -0.4 is 4.72 Å². The lowest BCUT2D eigenvalue weighted by Crippen LogP contribution is -2.32. The van der Waals surface area contributed by atoms with E-state index in [9.17, 15) is 13.5 Å². The Bertz CT molecular complexity index is 535. The van der Waals surface area contributed by atoms with Crippen LogP contribution in [0.1, 0.15) is 24.8 Å². The number of sulfonamides is 1. The summed E-state index contributed by atoms with van der Waals surface area (Å²) in [6, 6.07) is 6.72. The van der Waals surface area contributed by atoms with Crippen LogP contribution in [-0.4, -0.2) is 39.4 Å². The first kappa shape index (κ1) is 16.4. The van der Waals surface area contributed by atoms with E-state index in [0.717, 1.165) is 18.4 Å². The molecular weight excluding hydrogens is 290 g/mol. The largest absolute Gasteiger partial charge is 0.393 e. The Morgan fingerprint density at radius 1 is 1.29 bits per heavy atom. The molecule has 0 aliphatic carbocycles. The number of aliphatic hydroxyl groups excluding tert-OH is 1. The Balaban J connectivity index is 1.83. The summed E-state index contributed by atoms with van der Waals surface area (Å²) in [4.78, 5) is 0.258. The molecule has 1 aromatic carbocycles. The summed E-state index contributed by atoms with van der Waals surface area (Å²) >= 11 is 0. The van der Waals surface area contributed by atoms with Crippen LogP contribution >= 0.6 is 0 Å². The zero-order valence-corrected chi connectivity index (χ0v) is 13.1. The van der Waals surface area contributed by atoms with Crippen molar-refractivity contribution in [2.45, 2.75) is 37.2 Å². The minimum absolute atomic E-state index is 0.211. The van der Waals surface area contributed by atoms with E-state index in [4.69, 9.17) is 4.74 Å². The standard InChI is InChI=1S/C15H23NO4S/c1-12-2-4-14(5-3-12)21(18,19)16-9-6-15(17)13-7-10-20-11-8-13/h2-5,13,15-17H,6-11H2,1H3/t15-/m1/s1. The van der Waals surface area contributed by atoms with E-state index in [0.29, 0.717) is 19.6 Å². The molecule has 0 radical (unpaired) electrons. The Labute approximate surface area is 126 Å². The highest BCUT2D eigenvalue weighted by molar-refractivity contribution is 7.89. The van der Waals surface area contributed by atoms with E-state index in [-0.39, 0.29) is 17.4 Å². The Kier molecular flexibility index (Phi) is 5.75. The number of benzene rings is 1. The minimum Gasteiger partial charge on any atom is -0.393 e. The Morgan fingerprint density at radius 2 is 1.90 bits per heavy atom. The lowest BCUT2D eigenvalue weighted by molar-refractivity contribution is 0.00567. The highest BCUT2D eigenvalue weighted by Gasteiger charge is 2.22. The second kappa shape index (κ2) is 7.35. The van der Waals surface area contributed by atoms with E-state index in [1.54, 1.807) is 24.3 Å². The predicted molar refractivity (Wildman–Crippen MR) is 80.5 cm³/mol. The Morgan fingerprint density at radius 3 is 2.52 bits per heavy atom. The molecule has 5 nitrogen and oxygen atoms in total. The van der Waals surface area contributed by atoms with Crippen LogP contribution in [0.3, 0.4) is 0 Å². The summed E-state index contributed by atoms with van der Waals surface area (Å²) in [6.07, 6.45) is 1.63. The summed E-state index contributed by atoms with van der Waals surface area (Å²) in [5.74, 6) is 0.211. The molecule has 1 aliphatic heterocycles. The molecule has 1 heterocycles. The quantitative estimate of drug-likeness (QED) is 0.833. The number of hydrogen-bond donors (Lipinski definition) is 2. The van der Waals surface area contributed by atoms with Crippen molar-refractivity contribution >= 4 is 10.0 Å². The van der Waals surface area contributed by atoms with Crippen molar-refractivity contribution in [3.63, 3.8) is 0 Å². The van der Waals surface area contributed by atoms with E-state index < -0.39 is 16.1 Å². The number of ether oxygens (including phenoxy) is 1. The number of aryl methyl sites for hydroxylation is 1. The van der Waals surface area contributed by atoms with E-state index in [1.165, 1.54) is 0 Å². The second-order valence-electron chi connectivity index (χ2n) is 5.52. The molecule has 0 saturated carbocycles. The zero-order chi connectivity index (χ0) is 15.3. The van der Waals surface area contributed by atoms with Gasteiger partial charge in [0.15, 0.2) is 0 Å². The lowest BCUT2D eigenvalue weighted by atomic mass is 9.92. The fourth-order valence-corrected chi connectivity index (χ4v) is 3.53. The fraction of sp³-hybridized carbons (Fsp3) is 0.600. The third-order valence-electron chi connectivity index (χ3n) is 3.87. The van der Waals surface area contributed by atoms with Crippen LogP contribution in [0.4, 0.5) is 0 Å². The maximum Gasteiger partial charge on any atom is 0.240 e. The van der Waals surface area contributed by atoms with Crippen molar-refractivity contribution in [1.82, 2.24) is 4.72 Å². The predicted octanol–water partition coefficient (Wildman–Crippen LogP) is 1.45. The third kappa shape index (κ3) is 4.78. The van der Waals surface area contributed by atoms with Crippen molar-refractivity contribution in [1.29, 1.82) is 0 Å². The SMILES string of the molecule is Cc1ccc(S(=O)(=O)NCC[C@@H](O)C2CCOCC2)cc1. The van der Waals surface area contributed by atoms with Crippen LogP contribution in [-0.2, 0) is 14.8 Å². The van der Waals surface area contributed by atoms with Crippen molar-refractivity contribution in [2.24, 2.45) is 5.92 Å². The van der Waals surface area contributed by atoms with E-state index in [1.807, 2.05) is 6.92 Å². The molecule has 118 valence electrons. The van der Waals surface area contributed by atoms with Crippen molar-refractivity contribution in [3.8, 4) is 0 Å². The molecule has 1 aliphatic rings. The van der Waals surface area contributed by atoms with Crippen molar-refractivity contribution in [2.75, 3.05) is 19.8 Å². The first-order chi connectivity index (χ1) is 9.99. The van der Waals surface area contributed by atoms with Gasteiger partial charge >= 0.3 is 0 Å². The van der Waals surface area contributed by atoms with Gasteiger partial charge in [0.25, 0.3) is 0 Å². The first-order valence-corrected chi connectivity index (χ1v) is 8.79. The van der Waals surface area contributed by atoms with Crippen LogP contribution in [0.2, 0.25) is 0 Å². The minimum atomic E-state index is -3.49. The van der Waals surface area contributed by atoms with E-state index >= 15 is 0 Å². The van der Waals surface area contributed by atoms with Gasteiger partial charge < -0.3 is 9.84 Å². The van der Waals surface area contributed by atoms with Gasteiger partial charge in [-0.05, 0) is 44.2 Å². The zero-order valence-electron chi connectivity index (χ0n) is 12.3. The van der Waals surface area contributed by atoms with Gasteiger partial charge in [-0.1, -0.05) is 17.7 Å². The molecule has 2 N–H and O–H groups in total. The van der Waals surface area contributed by atoms with Gasteiger partial charge in [-0.25, -0.2) is 13.1 Å². The molecule has 1 fully saturated rings. The molecule has 0 bridgehead atoms. The average molecular weight is 313 g/mol. The number of aliphatic hydroxyl groups is 1. The van der Waals surface area contributed by atoms with E-state index in [2.05, 4.69) is 4.72 Å². The molecule has 21 heavy (non-hydrogen) atoms. The molecule has 0 aromatic heterocycles. The van der Waals surface area contributed by atoms with Crippen molar-refractivity contribution < 1.29 is 18.3 Å². The molecule has 0 spiro atoms. The number of rotatable bonds is 6. The fourth-order valence-electron chi connectivity index (χ4n) is 2.48. The highest BCUT2D eigenvalue weighted by atomic mass is 32.2. The summed E-state index contributed by atoms with van der Waals surface area (Å²) in [5, 5.41) is 10.1. The molecule has 1 atom stereocenters. The lowest BCUT2D eigenvalue weighted by Gasteiger charge is -2.26. The normalized spacial score (nSPS) is 18.6. The van der Waals surface area contributed by atoms with Gasteiger partial charge in [-0.2, -0.15) is 0 Å². The van der Waals surface area contributed by atoms with Gasteiger partial charge in [0.05, 0.1) is 11.0 Å². The molecule has 0 amide bonds. The van der Waals surface area contributed by atoms with Gasteiger partial charge in [-0.3, -0.25) is 0 Å². The molecule has 0 unspecified atom stereocenters. The number of nitrogens with one attached hydrogen (secondary N) is 1. The molecule has 2 rings (SSSR count). The van der Waals surface area contributed by atoms with Crippen LogP contribution in [0.25, 0.3) is 0 Å². The summed E-state index contributed by atoms with van der Waals surface area (Å²) in [6.45, 7) is 3.51. The van der Waals surface area contributed by atoms with Gasteiger partial charge in [0.1, 0.15) is 0 Å². The average Bonchev–Trinajstić information content (AvgIpc) is 2.48. The highest BCUT2D eigenvalue weighted by Crippen LogP contribution is 2.20. The molecular formula is C15H23NO4S. The summed E-state index contributed by atoms with van der Waals surface area (Å²) < 4.78 is 32.0. The van der Waals surface area contributed by atoms with Gasteiger partial charge in [-0.15, -0.1) is 0 Å². The smallest absolute Gasteiger partial charge is 0.240 e. The summed E-state index contributed by atoms with van der Waals surface area (Å²) in [5.41, 5.74) is 1.02. The second-order valence-corrected chi connectivity index (χ2v) is 7.28. The van der Waals surface area contributed by atoms with Gasteiger partial charge in [0.2, 0.25) is 10.0 Å². The van der Waals surface area contributed by atoms with Crippen LogP contribution in [0.15, 0.2) is 29.2 Å². The molecule has 1 saturated heterocycles. The molecule has 1 aromatic rings. The monoisotopic (exact) mass is 313 g/mol. The van der Waals surface area contributed by atoms with Gasteiger partial charge in [0, 0.05) is 19.8 Å². The first-order valence-electron chi connectivity index (χ1n) is 7.31. The Hall–Kier alpha value is -0.950. The van der Waals surface area contributed by atoms with Crippen LogP contribution in [0.5, 0.6) is 0 Å². The summed E-state index contributed by atoms with van der Waals surface area (Å²) in [7, 11) is -3.49. The number of hydrogen-bond acceptors (Lipinski definition) is 4. The maximum atomic E-state index is 12.1.